The molecule has 0 unspecified atom stereocenters. The van der Waals surface area contributed by atoms with Crippen LogP contribution in [-0.2, 0) is 11.3 Å². The van der Waals surface area contributed by atoms with Gasteiger partial charge >= 0.3 is 11.1 Å². The second-order valence-corrected chi connectivity index (χ2v) is 6.30. The Bertz CT molecular complexity index is 1100. The van der Waals surface area contributed by atoms with Gasteiger partial charge in [-0.1, -0.05) is 23.7 Å². The van der Waals surface area contributed by atoms with Crippen LogP contribution in [0, 0.1) is 0 Å². The minimum Gasteiger partial charge on any atom is -0.492 e. The summed E-state index contributed by atoms with van der Waals surface area (Å²) in [5.74, 6) is 0.0565. The van der Waals surface area contributed by atoms with Crippen molar-refractivity contribution in [1.82, 2.24) is 9.13 Å². The Morgan fingerprint density at radius 2 is 1.75 bits per heavy atom. The summed E-state index contributed by atoms with van der Waals surface area (Å²) in [6, 6.07) is 13.5. The average Bonchev–Trinajstić information content (AvgIpc) is 2.68. The van der Waals surface area contributed by atoms with Crippen LogP contribution in [0.2, 0.25) is 5.02 Å². The lowest BCUT2D eigenvalue weighted by Gasteiger charge is -2.13. The van der Waals surface area contributed by atoms with Crippen molar-refractivity contribution in [2.24, 2.45) is 0 Å². The van der Waals surface area contributed by atoms with E-state index in [1.807, 2.05) is 6.92 Å². The van der Waals surface area contributed by atoms with Crippen LogP contribution in [0.25, 0.3) is 5.69 Å². The summed E-state index contributed by atoms with van der Waals surface area (Å²) in [7, 11) is 0. The van der Waals surface area contributed by atoms with Crippen molar-refractivity contribution in [2.45, 2.75) is 13.5 Å². The van der Waals surface area contributed by atoms with Gasteiger partial charge in [0, 0.05) is 23.1 Å². The number of carbonyl (C=O) groups is 1. The van der Waals surface area contributed by atoms with Crippen LogP contribution in [0.1, 0.15) is 6.92 Å². The van der Waals surface area contributed by atoms with Crippen molar-refractivity contribution in [2.75, 3.05) is 11.9 Å². The highest BCUT2D eigenvalue weighted by Gasteiger charge is 2.12. The fraction of sp³-hybridized carbons (Fsp3) is 0.150. The molecule has 0 saturated heterocycles. The van der Waals surface area contributed by atoms with E-state index in [1.165, 1.54) is 17.0 Å². The lowest BCUT2D eigenvalue weighted by atomic mass is 10.3. The molecular formula is C20H18ClN3O4. The Kier molecular flexibility index (Phi) is 5.96. The summed E-state index contributed by atoms with van der Waals surface area (Å²) in [4.78, 5) is 37.2. The topological polar surface area (TPSA) is 82.3 Å². The Labute approximate surface area is 165 Å². The van der Waals surface area contributed by atoms with Gasteiger partial charge in [0.15, 0.2) is 0 Å². The molecule has 0 saturated carbocycles. The molecule has 0 aliphatic heterocycles. The second-order valence-electron chi connectivity index (χ2n) is 5.86. The number of halogens is 1. The first-order valence-corrected chi connectivity index (χ1v) is 8.97. The maximum absolute atomic E-state index is 12.6. The van der Waals surface area contributed by atoms with Gasteiger partial charge in [0.05, 0.1) is 12.3 Å². The highest BCUT2D eigenvalue weighted by Crippen LogP contribution is 2.20. The molecule has 2 aromatic carbocycles. The largest absolute Gasteiger partial charge is 0.492 e. The minimum atomic E-state index is -0.806. The van der Waals surface area contributed by atoms with E-state index in [9.17, 15) is 14.4 Å². The van der Waals surface area contributed by atoms with Crippen LogP contribution in [0.4, 0.5) is 5.69 Å². The van der Waals surface area contributed by atoms with Crippen molar-refractivity contribution >= 4 is 23.2 Å². The number of amides is 1. The third-order valence-electron chi connectivity index (χ3n) is 3.92. The smallest absolute Gasteiger partial charge is 0.321 e. The van der Waals surface area contributed by atoms with E-state index >= 15 is 0 Å². The van der Waals surface area contributed by atoms with Crippen LogP contribution in [0.15, 0.2) is 70.5 Å². The summed E-state index contributed by atoms with van der Waals surface area (Å²) in [5.41, 5.74) is -0.570. The fourth-order valence-electron chi connectivity index (χ4n) is 2.64. The number of hydrogen-bond donors (Lipinski definition) is 1. The molecule has 8 heteroatoms. The van der Waals surface area contributed by atoms with E-state index in [2.05, 4.69) is 5.32 Å². The fourth-order valence-corrected chi connectivity index (χ4v) is 2.77. The number of hydrogen-bond acceptors (Lipinski definition) is 4. The van der Waals surface area contributed by atoms with Gasteiger partial charge in [-0.3, -0.25) is 23.5 Å². The quantitative estimate of drug-likeness (QED) is 0.646. The van der Waals surface area contributed by atoms with Gasteiger partial charge in [-0.2, -0.15) is 0 Å². The number of carbonyl (C=O) groups excluding carboxylic acids is 1. The molecule has 0 fully saturated rings. The molecule has 3 aromatic rings. The van der Waals surface area contributed by atoms with Crippen molar-refractivity contribution in [3.8, 4) is 11.4 Å². The maximum Gasteiger partial charge on any atom is 0.321 e. The normalized spacial score (nSPS) is 10.5. The zero-order valence-corrected chi connectivity index (χ0v) is 15.8. The Morgan fingerprint density at radius 3 is 2.46 bits per heavy atom. The number of rotatable bonds is 6. The molecule has 1 heterocycles. The highest BCUT2D eigenvalue weighted by molar-refractivity contribution is 6.30. The van der Waals surface area contributed by atoms with Crippen molar-refractivity contribution < 1.29 is 9.53 Å². The third kappa shape index (κ3) is 4.32. The van der Waals surface area contributed by atoms with Crippen LogP contribution in [-0.4, -0.2) is 21.6 Å². The highest BCUT2D eigenvalue weighted by atomic mass is 35.5. The molecular weight excluding hydrogens is 382 g/mol. The van der Waals surface area contributed by atoms with Crippen molar-refractivity contribution in [3.63, 3.8) is 0 Å². The Hall–Kier alpha value is -3.32. The van der Waals surface area contributed by atoms with E-state index in [0.717, 1.165) is 4.57 Å². The third-order valence-corrected chi connectivity index (χ3v) is 4.18. The van der Waals surface area contributed by atoms with Gasteiger partial charge in [0.25, 0.3) is 0 Å². The SMILES string of the molecule is CCOc1ccccc1-n1ccn(CC(=O)Nc2ccc(Cl)cc2)c(=O)c1=O. The van der Waals surface area contributed by atoms with Gasteiger partial charge < -0.3 is 10.1 Å². The lowest BCUT2D eigenvalue weighted by Crippen LogP contribution is -2.41. The van der Waals surface area contributed by atoms with E-state index in [4.69, 9.17) is 16.3 Å². The number of ether oxygens (including phenoxy) is 1. The monoisotopic (exact) mass is 399 g/mol. The molecule has 144 valence electrons. The molecule has 0 radical (unpaired) electrons. The van der Waals surface area contributed by atoms with Crippen molar-refractivity contribution in [3.05, 3.63) is 86.7 Å². The van der Waals surface area contributed by atoms with E-state index in [-0.39, 0.29) is 6.54 Å². The van der Waals surface area contributed by atoms with Gasteiger partial charge in [-0.15, -0.1) is 0 Å². The number of nitrogens with one attached hydrogen (secondary N) is 1. The maximum atomic E-state index is 12.6. The second kappa shape index (κ2) is 8.58. The molecule has 0 bridgehead atoms. The molecule has 0 aliphatic carbocycles. The van der Waals surface area contributed by atoms with Crippen LogP contribution < -0.4 is 21.2 Å². The van der Waals surface area contributed by atoms with Gasteiger partial charge in [0.1, 0.15) is 12.3 Å². The standard InChI is InChI=1S/C20H18ClN3O4/c1-2-28-17-6-4-3-5-16(17)24-12-11-23(19(26)20(24)27)13-18(25)22-15-9-7-14(21)8-10-15/h3-12H,2,13H2,1H3,(H,22,25). The molecule has 0 aliphatic rings. The molecule has 1 N–H and O–H groups in total. The zero-order chi connectivity index (χ0) is 20.1. The molecule has 0 atom stereocenters. The molecule has 28 heavy (non-hydrogen) atoms. The lowest BCUT2D eigenvalue weighted by molar-refractivity contribution is -0.116. The van der Waals surface area contributed by atoms with Gasteiger partial charge in [-0.25, -0.2) is 0 Å². The van der Waals surface area contributed by atoms with Crippen LogP contribution in [0.3, 0.4) is 0 Å². The molecule has 7 nitrogen and oxygen atoms in total. The first-order chi connectivity index (χ1) is 13.5. The van der Waals surface area contributed by atoms with Gasteiger partial charge in [0.2, 0.25) is 5.91 Å². The predicted octanol–water partition coefficient (Wildman–Crippen LogP) is 2.69. The molecule has 1 aromatic heterocycles. The zero-order valence-electron chi connectivity index (χ0n) is 15.1. The van der Waals surface area contributed by atoms with Crippen molar-refractivity contribution in [1.29, 1.82) is 0 Å². The average molecular weight is 400 g/mol. The van der Waals surface area contributed by atoms with E-state index in [0.29, 0.717) is 28.8 Å². The number of para-hydroxylation sites is 2. The molecule has 0 spiro atoms. The Morgan fingerprint density at radius 1 is 1.04 bits per heavy atom. The van der Waals surface area contributed by atoms with E-state index in [1.54, 1.807) is 48.5 Å². The summed E-state index contributed by atoms with van der Waals surface area (Å²) in [6.45, 7) is 1.97. The van der Waals surface area contributed by atoms with Gasteiger partial charge in [-0.05, 0) is 43.3 Å². The minimum absolute atomic E-state index is 0.287. The number of nitrogens with zero attached hydrogens (tertiary/aromatic N) is 2. The first-order valence-electron chi connectivity index (χ1n) is 8.59. The molecule has 1 amide bonds. The first kappa shape index (κ1) is 19.4. The van der Waals surface area contributed by atoms with Crippen LogP contribution in [0.5, 0.6) is 5.75 Å². The summed E-state index contributed by atoms with van der Waals surface area (Å²) in [5, 5.41) is 3.20. The Balaban J connectivity index is 1.85. The molecule has 3 rings (SSSR count). The predicted molar refractivity (Wildman–Crippen MR) is 108 cm³/mol. The van der Waals surface area contributed by atoms with Crippen LogP contribution >= 0.6 is 11.6 Å². The summed E-state index contributed by atoms with van der Waals surface area (Å²) < 4.78 is 7.79. The summed E-state index contributed by atoms with van der Waals surface area (Å²) >= 11 is 5.81. The number of aromatic nitrogens is 2. The number of anilines is 1. The number of benzene rings is 2. The van der Waals surface area contributed by atoms with E-state index < -0.39 is 17.0 Å². The summed E-state index contributed by atoms with van der Waals surface area (Å²) in [6.07, 6.45) is 2.84.